The van der Waals surface area contributed by atoms with Crippen molar-refractivity contribution >= 4 is 35.6 Å². The van der Waals surface area contributed by atoms with Gasteiger partial charge in [0.05, 0.1) is 5.92 Å². The molecule has 0 radical (unpaired) electrons. The first-order chi connectivity index (χ1) is 22.4. The van der Waals surface area contributed by atoms with Gasteiger partial charge in [0.25, 0.3) is 5.91 Å². The molecule has 7 atom stereocenters. The second-order valence-electron chi connectivity index (χ2n) is 14.7. The molecule has 12 nitrogen and oxygen atoms in total. The van der Waals surface area contributed by atoms with Gasteiger partial charge in [-0.2, -0.15) is 0 Å². The van der Waals surface area contributed by atoms with Crippen LogP contribution in [0, 0.1) is 41.9 Å². The third kappa shape index (κ3) is 9.50. The van der Waals surface area contributed by atoms with Crippen molar-refractivity contribution in [2.75, 3.05) is 20.6 Å². The molecule has 2 saturated heterocycles. The number of hydrogen-bond acceptors (Lipinski definition) is 8. The Morgan fingerprint density at radius 2 is 1.33 bits per heavy atom. The van der Waals surface area contributed by atoms with Gasteiger partial charge in [0.15, 0.2) is 6.10 Å². The van der Waals surface area contributed by atoms with Crippen LogP contribution in [0.3, 0.4) is 0 Å². The quantitative estimate of drug-likeness (QED) is 0.247. The zero-order valence-corrected chi connectivity index (χ0v) is 30.8. The molecule has 2 fully saturated rings. The number of unbranched alkanes of at least 4 members (excludes halogenated alkanes) is 1. The standard InChI is InChI=1S/C36H58N4O8/c1-13-14-15-18-26-24(10)31(41)37-27(20(2)3)33(43)39(12)29(22(6)7)36(46)48-30(23(8)9)34(44)40-19-16-17-25(40)32(42)38(11)28(21(4)5)35(45)47-26/h1,20-30H,14-19H2,2-12H3,(H,37,41)/t24-,25-,26+,27-,28-,29-,30-/m0/s1. The predicted molar refractivity (Wildman–Crippen MR) is 181 cm³/mol. The molecule has 48 heavy (non-hydrogen) atoms. The Labute approximate surface area is 287 Å². The molecule has 270 valence electrons. The van der Waals surface area contributed by atoms with Crippen LogP contribution in [0.1, 0.15) is 94.4 Å². The van der Waals surface area contributed by atoms with Gasteiger partial charge in [-0.3, -0.25) is 19.2 Å². The summed E-state index contributed by atoms with van der Waals surface area (Å²) in [6.07, 6.45) is 5.48. The minimum atomic E-state index is -1.21. The van der Waals surface area contributed by atoms with E-state index >= 15 is 0 Å². The Bertz CT molecular complexity index is 1220. The lowest BCUT2D eigenvalue weighted by atomic mass is 9.95. The Morgan fingerprint density at radius 1 is 0.792 bits per heavy atom. The largest absolute Gasteiger partial charge is 0.460 e. The second-order valence-corrected chi connectivity index (χ2v) is 14.7. The van der Waals surface area contributed by atoms with E-state index in [1.807, 2.05) is 0 Å². The number of carbonyl (C=O) groups excluding carboxylic acids is 6. The molecule has 12 heteroatoms. The van der Waals surface area contributed by atoms with E-state index in [0.29, 0.717) is 25.7 Å². The highest BCUT2D eigenvalue weighted by molar-refractivity contribution is 5.95. The van der Waals surface area contributed by atoms with Crippen molar-refractivity contribution in [2.24, 2.45) is 29.6 Å². The summed E-state index contributed by atoms with van der Waals surface area (Å²) in [6, 6.07) is -3.95. The van der Waals surface area contributed by atoms with Gasteiger partial charge in [0.2, 0.25) is 17.7 Å². The van der Waals surface area contributed by atoms with Crippen molar-refractivity contribution in [1.29, 1.82) is 0 Å². The molecule has 0 aromatic heterocycles. The first kappa shape index (κ1) is 40.6. The Kier molecular flexibility index (Phi) is 14.9. The van der Waals surface area contributed by atoms with Gasteiger partial charge in [-0.15, -0.1) is 12.3 Å². The number of carbonyl (C=O) groups is 6. The van der Waals surface area contributed by atoms with Crippen molar-refractivity contribution in [3.05, 3.63) is 0 Å². The maximum Gasteiger partial charge on any atom is 0.329 e. The van der Waals surface area contributed by atoms with Gasteiger partial charge < -0.3 is 29.5 Å². The molecule has 1 N–H and O–H groups in total. The van der Waals surface area contributed by atoms with Crippen LogP contribution in [-0.4, -0.2) is 107 Å². The number of cyclic esters (lactones) is 2. The Morgan fingerprint density at radius 3 is 1.83 bits per heavy atom. The van der Waals surface area contributed by atoms with Gasteiger partial charge in [-0.25, -0.2) is 9.59 Å². The van der Waals surface area contributed by atoms with E-state index in [9.17, 15) is 28.8 Å². The molecule has 0 unspecified atom stereocenters. The number of likely N-dealkylation sites (N-methyl/N-ethyl adjacent to an activating group) is 2. The van der Waals surface area contributed by atoms with Gasteiger partial charge in [0, 0.05) is 27.1 Å². The van der Waals surface area contributed by atoms with Crippen molar-refractivity contribution < 1.29 is 38.2 Å². The topological polar surface area (TPSA) is 143 Å². The van der Waals surface area contributed by atoms with Gasteiger partial charge in [0.1, 0.15) is 30.3 Å². The van der Waals surface area contributed by atoms with Crippen LogP contribution in [0.25, 0.3) is 0 Å². The average molecular weight is 675 g/mol. The third-order valence-electron chi connectivity index (χ3n) is 9.47. The number of ether oxygens (including phenoxy) is 2. The summed E-state index contributed by atoms with van der Waals surface area (Å²) in [6.45, 7) is 16.1. The van der Waals surface area contributed by atoms with Gasteiger partial charge in [-0.1, -0.05) is 62.3 Å². The lowest BCUT2D eigenvalue weighted by Gasteiger charge is -2.36. The van der Waals surface area contributed by atoms with Gasteiger partial charge in [-0.05, 0) is 49.4 Å². The molecule has 0 aliphatic carbocycles. The number of rotatable bonds is 7. The highest BCUT2D eigenvalue weighted by atomic mass is 16.6. The fourth-order valence-corrected chi connectivity index (χ4v) is 6.60. The zero-order chi connectivity index (χ0) is 36.6. The third-order valence-corrected chi connectivity index (χ3v) is 9.47. The number of fused-ring (bicyclic) bond motifs is 1. The monoisotopic (exact) mass is 674 g/mol. The van der Waals surface area contributed by atoms with Crippen molar-refractivity contribution in [2.45, 2.75) is 131 Å². The number of esters is 2. The number of terminal acetylenes is 1. The Balaban J connectivity index is 2.71. The minimum absolute atomic E-state index is 0.283. The smallest absolute Gasteiger partial charge is 0.329 e. The summed E-state index contributed by atoms with van der Waals surface area (Å²) in [7, 11) is 3.00. The highest BCUT2D eigenvalue weighted by Crippen LogP contribution is 2.27. The molecule has 2 rings (SSSR count). The summed E-state index contributed by atoms with van der Waals surface area (Å²) >= 11 is 0. The van der Waals surface area contributed by atoms with Crippen LogP contribution in [0.4, 0.5) is 0 Å². The van der Waals surface area contributed by atoms with Crippen LogP contribution in [0.5, 0.6) is 0 Å². The van der Waals surface area contributed by atoms with Crippen LogP contribution in [-0.2, 0) is 38.2 Å². The normalized spacial score (nSPS) is 29.0. The molecular formula is C36H58N4O8. The van der Waals surface area contributed by atoms with Crippen LogP contribution in [0.2, 0.25) is 0 Å². The van der Waals surface area contributed by atoms with Crippen LogP contribution < -0.4 is 5.32 Å². The van der Waals surface area contributed by atoms with Crippen molar-refractivity contribution in [3.8, 4) is 12.3 Å². The lowest BCUT2D eigenvalue weighted by molar-refractivity contribution is -0.172. The van der Waals surface area contributed by atoms with E-state index in [-0.39, 0.29) is 24.8 Å². The molecule has 0 aromatic rings. The number of nitrogens with zero attached hydrogens (tertiary/aromatic N) is 3. The molecule has 2 heterocycles. The van der Waals surface area contributed by atoms with E-state index in [1.54, 1.807) is 62.3 Å². The average Bonchev–Trinajstić information content (AvgIpc) is 3.49. The van der Waals surface area contributed by atoms with Crippen molar-refractivity contribution in [3.63, 3.8) is 0 Å². The van der Waals surface area contributed by atoms with E-state index in [4.69, 9.17) is 15.9 Å². The van der Waals surface area contributed by atoms with E-state index in [1.165, 1.54) is 28.8 Å². The molecule has 2 aliphatic heterocycles. The summed E-state index contributed by atoms with van der Waals surface area (Å²) in [5.74, 6) is -3.23. The van der Waals surface area contributed by atoms with Gasteiger partial charge >= 0.3 is 11.9 Å². The molecule has 0 aromatic carbocycles. The second kappa shape index (κ2) is 17.7. The molecule has 2 aliphatic rings. The summed E-state index contributed by atoms with van der Waals surface area (Å²) in [5.41, 5.74) is 0. The SMILES string of the molecule is C#CCCC[C@H]1OC(=O)[C@H](C(C)C)N(C)C(=O)[C@@H]2CCCN2C(=O)[C@H](C(C)C)OC(=O)[C@H](C(C)C)N(C)C(=O)[C@H](C(C)C)NC(=O)[C@H]1C. The van der Waals surface area contributed by atoms with E-state index in [0.717, 1.165) is 0 Å². The first-order valence-electron chi connectivity index (χ1n) is 17.4. The molecule has 4 amide bonds. The van der Waals surface area contributed by atoms with Crippen LogP contribution >= 0.6 is 0 Å². The van der Waals surface area contributed by atoms with Crippen LogP contribution in [0.15, 0.2) is 0 Å². The fraction of sp³-hybridized carbons (Fsp3) is 0.778. The molecular weight excluding hydrogens is 616 g/mol. The molecule has 0 saturated carbocycles. The maximum atomic E-state index is 14.0. The number of nitrogens with one attached hydrogen (secondary N) is 1. The summed E-state index contributed by atoms with van der Waals surface area (Å²) < 4.78 is 11.9. The minimum Gasteiger partial charge on any atom is -0.460 e. The Hall–Kier alpha value is -3.62. The van der Waals surface area contributed by atoms with E-state index < -0.39 is 89.7 Å². The van der Waals surface area contributed by atoms with E-state index in [2.05, 4.69) is 11.2 Å². The number of amides is 4. The zero-order valence-electron chi connectivity index (χ0n) is 30.8. The predicted octanol–water partition coefficient (Wildman–Crippen LogP) is 3.02. The highest BCUT2D eigenvalue weighted by Gasteiger charge is 2.45. The number of hydrogen-bond donors (Lipinski definition) is 1. The fourth-order valence-electron chi connectivity index (χ4n) is 6.60. The first-order valence-corrected chi connectivity index (χ1v) is 17.4. The molecule has 0 bridgehead atoms. The lowest BCUT2D eigenvalue weighted by Crippen LogP contribution is -2.57. The maximum absolute atomic E-state index is 14.0. The summed E-state index contributed by atoms with van der Waals surface area (Å²) in [5, 5.41) is 2.84. The van der Waals surface area contributed by atoms with Crippen molar-refractivity contribution in [1.82, 2.24) is 20.0 Å². The summed E-state index contributed by atoms with van der Waals surface area (Å²) in [4.78, 5) is 87.5. The molecule has 0 spiro atoms.